The molecule has 54 valence electrons. The molecule has 0 saturated carbocycles. The van der Waals surface area contributed by atoms with Crippen LogP contribution in [0.25, 0.3) is 0 Å². The van der Waals surface area contributed by atoms with E-state index in [1.165, 1.54) is 0 Å². The van der Waals surface area contributed by atoms with E-state index in [0.29, 0.717) is 5.70 Å². The summed E-state index contributed by atoms with van der Waals surface area (Å²) < 4.78 is 0. The van der Waals surface area contributed by atoms with Crippen molar-refractivity contribution in [2.45, 2.75) is 12.8 Å². The van der Waals surface area contributed by atoms with Crippen LogP contribution >= 0.6 is 0 Å². The molecule has 0 saturated heterocycles. The first-order chi connectivity index (χ1) is 4.79. The van der Waals surface area contributed by atoms with E-state index in [0.717, 1.165) is 19.0 Å². The molecule has 0 fully saturated rings. The predicted molar refractivity (Wildman–Crippen MR) is 36.6 cm³/mol. The molecule has 0 aromatic carbocycles. The monoisotopic (exact) mass is 140 g/mol. The van der Waals surface area contributed by atoms with Crippen molar-refractivity contribution >= 4 is 0 Å². The van der Waals surface area contributed by atoms with Crippen LogP contribution in [-0.4, -0.2) is 4.92 Å². The van der Waals surface area contributed by atoms with E-state index in [1.807, 2.05) is 6.08 Å². The largest absolute Gasteiger partial charge is 0.360 e. The second kappa shape index (κ2) is 3.00. The zero-order chi connectivity index (χ0) is 7.40. The highest BCUT2D eigenvalue weighted by molar-refractivity contribution is 5.05. The molecular weight excluding hydrogens is 132 g/mol. The van der Waals surface area contributed by atoms with E-state index in [1.54, 1.807) is 6.20 Å². The third-order valence-corrected chi connectivity index (χ3v) is 1.23. The summed E-state index contributed by atoms with van der Waals surface area (Å²) in [4.78, 5) is 9.49. The Kier molecular flexibility index (Phi) is 2.04. The Hall–Kier alpha value is -1.32. The fourth-order valence-electron chi connectivity index (χ4n) is 0.789. The van der Waals surface area contributed by atoms with Crippen LogP contribution in [0.15, 0.2) is 24.2 Å². The first-order valence-electron chi connectivity index (χ1n) is 3.05. The van der Waals surface area contributed by atoms with Gasteiger partial charge in [-0.25, -0.2) is 0 Å². The average Bonchev–Trinajstić information content (AvgIpc) is 1.88. The van der Waals surface area contributed by atoms with Crippen LogP contribution in [0, 0.1) is 10.1 Å². The number of hydrogen-bond acceptors (Lipinski definition) is 3. The quantitative estimate of drug-likeness (QED) is 0.436. The topological polar surface area (TPSA) is 55.2 Å². The second-order valence-electron chi connectivity index (χ2n) is 2.03. The molecule has 0 aromatic heterocycles. The number of rotatable bonds is 1. The first kappa shape index (κ1) is 6.80. The molecule has 10 heavy (non-hydrogen) atoms. The van der Waals surface area contributed by atoms with Gasteiger partial charge in [-0.3, -0.25) is 10.1 Å². The Morgan fingerprint density at radius 3 is 3.10 bits per heavy atom. The number of nitro groups is 1. The number of allylic oxidation sites excluding steroid dienone is 2. The summed E-state index contributed by atoms with van der Waals surface area (Å²) in [6.07, 6.45) is 6.28. The summed E-state index contributed by atoms with van der Waals surface area (Å²) in [5.41, 5.74) is 0.674. The summed E-state index contributed by atoms with van der Waals surface area (Å²) in [5.74, 6) is 0. The minimum absolute atomic E-state index is 0.443. The summed E-state index contributed by atoms with van der Waals surface area (Å²) in [5, 5.41) is 12.7. The molecule has 0 bridgehead atoms. The number of nitrogens with zero attached hydrogens (tertiary/aromatic N) is 1. The van der Waals surface area contributed by atoms with Crippen molar-refractivity contribution in [3.63, 3.8) is 0 Å². The smallest absolute Gasteiger partial charge is 0.253 e. The van der Waals surface area contributed by atoms with Crippen molar-refractivity contribution in [2.75, 3.05) is 0 Å². The lowest BCUT2D eigenvalue weighted by Crippen LogP contribution is -2.09. The zero-order valence-corrected chi connectivity index (χ0v) is 5.41. The van der Waals surface area contributed by atoms with Gasteiger partial charge in [-0.2, -0.15) is 0 Å². The molecule has 1 aliphatic rings. The van der Waals surface area contributed by atoms with Crippen LogP contribution < -0.4 is 5.32 Å². The predicted octanol–water partition coefficient (Wildman–Crippen LogP) is 1.00. The van der Waals surface area contributed by atoms with E-state index in [-0.39, 0.29) is 0 Å². The molecule has 1 aliphatic heterocycles. The fraction of sp³-hybridized carbons (Fsp3) is 0.333. The SMILES string of the molecule is O=[N+]([O-])C=C1CCC=CN1. The minimum Gasteiger partial charge on any atom is -0.360 e. The van der Waals surface area contributed by atoms with Crippen molar-refractivity contribution in [3.8, 4) is 0 Å². The molecule has 0 unspecified atom stereocenters. The second-order valence-corrected chi connectivity index (χ2v) is 2.03. The molecule has 0 aliphatic carbocycles. The molecule has 1 N–H and O–H groups in total. The van der Waals surface area contributed by atoms with Gasteiger partial charge in [0, 0.05) is 0 Å². The van der Waals surface area contributed by atoms with Crippen LogP contribution in [0.4, 0.5) is 0 Å². The Balaban J connectivity index is 2.56. The third kappa shape index (κ3) is 1.89. The van der Waals surface area contributed by atoms with Crippen molar-refractivity contribution in [1.82, 2.24) is 5.32 Å². The van der Waals surface area contributed by atoms with E-state index in [2.05, 4.69) is 5.32 Å². The van der Waals surface area contributed by atoms with Crippen molar-refractivity contribution in [3.05, 3.63) is 34.3 Å². The minimum atomic E-state index is -0.443. The first-order valence-corrected chi connectivity index (χ1v) is 3.05. The van der Waals surface area contributed by atoms with E-state index in [4.69, 9.17) is 0 Å². The van der Waals surface area contributed by atoms with Crippen molar-refractivity contribution in [1.29, 1.82) is 0 Å². The average molecular weight is 140 g/mol. The van der Waals surface area contributed by atoms with Gasteiger partial charge in [-0.15, -0.1) is 0 Å². The molecule has 0 amide bonds. The Morgan fingerprint density at radius 1 is 1.80 bits per heavy atom. The van der Waals surface area contributed by atoms with Crippen LogP contribution in [0.3, 0.4) is 0 Å². The van der Waals surface area contributed by atoms with E-state index < -0.39 is 4.92 Å². The highest BCUT2D eigenvalue weighted by Gasteiger charge is 2.02. The molecule has 4 nitrogen and oxygen atoms in total. The molecule has 0 radical (unpaired) electrons. The Labute approximate surface area is 58.4 Å². The molecule has 0 aromatic rings. The fourth-order valence-corrected chi connectivity index (χ4v) is 0.789. The maximum Gasteiger partial charge on any atom is 0.253 e. The van der Waals surface area contributed by atoms with Crippen LogP contribution in [0.5, 0.6) is 0 Å². The summed E-state index contributed by atoms with van der Waals surface area (Å²) >= 11 is 0. The maximum absolute atomic E-state index is 9.93. The van der Waals surface area contributed by atoms with E-state index in [9.17, 15) is 10.1 Å². The van der Waals surface area contributed by atoms with Gasteiger partial charge in [0.25, 0.3) is 6.20 Å². The van der Waals surface area contributed by atoms with Gasteiger partial charge < -0.3 is 5.32 Å². The van der Waals surface area contributed by atoms with E-state index >= 15 is 0 Å². The van der Waals surface area contributed by atoms with Gasteiger partial charge in [-0.1, -0.05) is 6.08 Å². The lowest BCUT2D eigenvalue weighted by atomic mass is 10.2. The van der Waals surface area contributed by atoms with Gasteiger partial charge in [0.2, 0.25) is 0 Å². The molecule has 0 atom stereocenters. The van der Waals surface area contributed by atoms with Crippen molar-refractivity contribution < 1.29 is 4.92 Å². The lowest BCUT2D eigenvalue weighted by Gasteiger charge is -2.06. The van der Waals surface area contributed by atoms with Gasteiger partial charge in [0.05, 0.1) is 10.6 Å². The Bertz CT molecular complexity index is 196. The lowest BCUT2D eigenvalue weighted by molar-refractivity contribution is -0.403. The molecule has 1 heterocycles. The number of hydrogen-bond donors (Lipinski definition) is 1. The van der Waals surface area contributed by atoms with Gasteiger partial charge in [0.15, 0.2) is 0 Å². The maximum atomic E-state index is 9.93. The highest BCUT2D eigenvalue weighted by atomic mass is 16.6. The van der Waals surface area contributed by atoms with Gasteiger partial charge in [-0.05, 0) is 19.0 Å². The number of nitrogens with one attached hydrogen (secondary N) is 1. The molecule has 0 spiro atoms. The third-order valence-electron chi connectivity index (χ3n) is 1.23. The summed E-state index contributed by atoms with van der Waals surface area (Å²) in [6.45, 7) is 0. The van der Waals surface area contributed by atoms with Gasteiger partial charge in [0.1, 0.15) is 0 Å². The zero-order valence-electron chi connectivity index (χ0n) is 5.41. The van der Waals surface area contributed by atoms with Crippen LogP contribution in [-0.2, 0) is 0 Å². The summed E-state index contributed by atoms with van der Waals surface area (Å²) in [6, 6.07) is 0. The van der Waals surface area contributed by atoms with Crippen LogP contribution in [0.1, 0.15) is 12.8 Å². The summed E-state index contributed by atoms with van der Waals surface area (Å²) in [7, 11) is 0. The Morgan fingerprint density at radius 2 is 2.60 bits per heavy atom. The van der Waals surface area contributed by atoms with Gasteiger partial charge >= 0.3 is 0 Å². The highest BCUT2D eigenvalue weighted by Crippen LogP contribution is 2.06. The van der Waals surface area contributed by atoms with Crippen molar-refractivity contribution in [2.24, 2.45) is 0 Å². The molecule has 1 rings (SSSR count). The molecule has 4 heteroatoms. The van der Waals surface area contributed by atoms with Crippen LogP contribution in [0.2, 0.25) is 0 Å². The molecular formula is C6H8N2O2. The normalized spacial score (nSPS) is 20.6. The standard InChI is InChI=1S/C6H8N2O2/c9-8(10)5-6-3-1-2-4-7-6/h2,4-5,7H,1,3H2.